The Morgan fingerprint density at radius 2 is 1.78 bits per heavy atom. The molecule has 14 heteroatoms. The van der Waals surface area contributed by atoms with Crippen molar-refractivity contribution >= 4 is 60.9 Å². The molecular weight excluding hydrogens is 648 g/mol. The fourth-order valence-corrected chi connectivity index (χ4v) is 10.3. The Morgan fingerprint density at radius 3 is 2.59 bits per heavy atom. The number of benzene rings is 1. The number of likely N-dealkylation sites (tertiary alicyclic amines) is 3. The van der Waals surface area contributed by atoms with Gasteiger partial charge in [-0.25, -0.2) is 13.2 Å². The van der Waals surface area contributed by atoms with Crippen LogP contribution < -0.4 is 10.0 Å². The Labute approximate surface area is 280 Å². The van der Waals surface area contributed by atoms with Crippen molar-refractivity contribution in [3.63, 3.8) is 0 Å². The smallest absolute Gasteiger partial charge is 0.317 e. The number of likely N-dealkylation sites (N-methyl/N-ethyl adjacent to an activating group) is 1. The van der Waals surface area contributed by atoms with Gasteiger partial charge in [0.15, 0.2) is 0 Å². The van der Waals surface area contributed by atoms with Gasteiger partial charge >= 0.3 is 6.03 Å². The van der Waals surface area contributed by atoms with Crippen LogP contribution in [0.25, 0.3) is 10.1 Å². The molecule has 1 unspecified atom stereocenters. The summed E-state index contributed by atoms with van der Waals surface area (Å²) in [6, 6.07) is 6.37. The molecule has 1 saturated carbocycles. The summed E-state index contributed by atoms with van der Waals surface area (Å²) in [6.45, 7) is 3.43. The maximum absolute atomic E-state index is 13.5. The fraction of sp³-hybridized carbons (Fsp3) is 0.656. The van der Waals surface area contributed by atoms with Gasteiger partial charge < -0.3 is 20.0 Å². The second-order valence-corrected chi connectivity index (χ2v) is 16.8. The lowest BCUT2D eigenvalue weighted by atomic mass is 9.96. The molecule has 3 aliphatic heterocycles. The monoisotopic (exact) mass is 692 g/mol. The van der Waals surface area contributed by atoms with E-state index in [4.69, 9.17) is 11.6 Å². The molecule has 2 N–H and O–H groups in total. The average molecular weight is 693 g/mol. The Hall–Kier alpha value is -2.45. The van der Waals surface area contributed by atoms with E-state index in [0.29, 0.717) is 31.0 Å². The highest BCUT2D eigenvalue weighted by Crippen LogP contribution is 2.31. The van der Waals surface area contributed by atoms with Gasteiger partial charge in [-0.2, -0.15) is 4.72 Å². The molecule has 252 valence electrons. The van der Waals surface area contributed by atoms with Crippen molar-refractivity contribution in [2.24, 2.45) is 0 Å². The number of fused-ring (bicyclic) bond motifs is 1. The van der Waals surface area contributed by atoms with Gasteiger partial charge in [0, 0.05) is 67.6 Å². The Balaban J connectivity index is 1.00. The second kappa shape index (κ2) is 14.3. The van der Waals surface area contributed by atoms with E-state index in [9.17, 15) is 22.8 Å². The molecule has 4 fully saturated rings. The summed E-state index contributed by atoms with van der Waals surface area (Å²) in [4.78, 5) is 47.5. The van der Waals surface area contributed by atoms with Crippen molar-refractivity contribution < 1.29 is 22.8 Å². The molecule has 4 aliphatic rings. The van der Waals surface area contributed by atoms with E-state index >= 15 is 0 Å². The number of hydrogen-bond acceptors (Lipinski definition) is 7. The van der Waals surface area contributed by atoms with Crippen LogP contribution in [0.2, 0.25) is 5.02 Å². The number of urea groups is 1. The van der Waals surface area contributed by atoms with Gasteiger partial charge in [0.05, 0.1) is 6.54 Å². The largest absolute Gasteiger partial charge is 0.337 e. The number of nitrogens with one attached hydrogen (secondary N) is 2. The van der Waals surface area contributed by atoms with Gasteiger partial charge in [0.1, 0.15) is 10.3 Å². The molecular formula is C32H45ClN6O5S2. The lowest BCUT2D eigenvalue weighted by Crippen LogP contribution is -2.55. The summed E-state index contributed by atoms with van der Waals surface area (Å²) < 4.78 is 30.0. The van der Waals surface area contributed by atoms with E-state index in [-0.39, 0.29) is 46.7 Å². The predicted molar refractivity (Wildman–Crippen MR) is 180 cm³/mol. The van der Waals surface area contributed by atoms with E-state index in [1.165, 1.54) is 24.2 Å². The molecule has 0 radical (unpaired) electrons. The number of halogens is 1. The van der Waals surface area contributed by atoms with Crippen molar-refractivity contribution in [2.45, 2.75) is 92.6 Å². The molecule has 3 atom stereocenters. The van der Waals surface area contributed by atoms with Gasteiger partial charge in [-0.15, -0.1) is 11.3 Å². The van der Waals surface area contributed by atoms with Crippen molar-refractivity contribution in [1.82, 2.24) is 29.6 Å². The molecule has 11 nitrogen and oxygen atoms in total. The maximum atomic E-state index is 13.5. The topological polar surface area (TPSA) is 122 Å². The Morgan fingerprint density at radius 1 is 1.00 bits per heavy atom. The fourth-order valence-electron chi connectivity index (χ4n) is 7.46. The van der Waals surface area contributed by atoms with E-state index in [1.54, 1.807) is 24.3 Å². The molecule has 46 heavy (non-hydrogen) atoms. The first-order chi connectivity index (χ1) is 22.1. The third-order valence-corrected chi connectivity index (χ3v) is 13.4. The zero-order chi connectivity index (χ0) is 32.4. The summed E-state index contributed by atoms with van der Waals surface area (Å²) in [6.07, 6.45) is 9.44. The number of sulfonamides is 1. The second-order valence-electron chi connectivity index (χ2n) is 13.3. The molecule has 2 aromatic rings. The number of rotatable bonds is 9. The summed E-state index contributed by atoms with van der Waals surface area (Å²) in [5, 5.41) is 4.48. The predicted octanol–water partition coefficient (Wildman–Crippen LogP) is 3.86. The highest BCUT2D eigenvalue weighted by Gasteiger charge is 2.38. The van der Waals surface area contributed by atoms with Crippen molar-refractivity contribution in [2.75, 3.05) is 46.3 Å². The van der Waals surface area contributed by atoms with Gasteiger partial charge in [-0.05, 0) is 74.6 Å². The number of piperidine rings is 1. The molecule has 0 spiro atoms. The lowest BCUT2D eigenvalue weighted by molar-refractivity contribution is -0.143. The quantitative estimate of drug-likeness (QED) is 0.412. The Kier molecular flexibility index (Phi) is 10.4. The van der Waals surface area contributed by atoms with E-state index in [1.807, 2.05) is 16.8 Å². The minimum absolute atomic E-state index is 0.0111. The maximum Gasteiger partial charge on any atom is 0.317 e. The van der Waals surface area contributed by atoms with Gasteiger partial charge in [-0.3, -0.25) is 14.5 Å². The first-order valence-corrected chi connectivity index (χ1v) is 19.3. The number of carbonyl (C=O) groups excluding carboxylic acids is 3. The van der Waals surface area contributed by atoms with Crippen LogP contribution in [0.4, 0.5) is 4.79 Å². The van der Waals surface area contributed by atoms with Gasteiger partial charge in [-0.1, -0.05) is 30.9 Å². The van der Waals surface area contributed by atoms with Gasteiger partial charge in [0.25, 0.3) is 10.0 Å². The van der Waals surface area contributed by atoms with Crippen LogP contribution >= 0.6 is 22.9 Å². The average Bonchev–Trinajstić information content (AvgIpc) is 3.80. The van der Waals surface area contributed by atoms with Crippen LogP contribution in [0.15, 0.2) is 28.5 Å². The molecule has 0 bridgehead atoms. The summed E-state index contributed by atoms with van der Waals surface area (Å²) in [5.74, 6) is -0.458. The molecule has 1 aromatic heterocycles. The highest BCUT2D eigenvalue weighted by molar-refractivity contribution is 7.91. The number of hydrogen-bond donors (Lipinski definition) is 2. The minimum Gasteiger partial charge on any atom is -0.337 e. The number of nitrogens with zero attached hydrogens (tertiary/aromatic N) is 4. The van der Waals surface area contributed by atoms with Crippen LogP contribution in [-0.4, -0.2) is 116 Å². The van der Waals surface area contributed by atoms with Crippen molar-refractivity contribution in [3.05, 3.63) is 29.3 Å². The van der Waals surface area contributed by atoms with E-state index < -0.39 is 16.1 Å². The third-order valence-electron chi connectivity index (χ3n) is 10.1. The standard InChI is InChI=1S/C32H45ClN6O5S2/c1-36(32(42)34-24-7-3-2-4-8-24)25-13-16-37(19-25)20-26-9-5-15-39(26)29(40)21-38-14-6-10-27(31(38)41)35-46(43,44)30-18-22-17-23(33)11-12-28(22)45-30/h11-12,17-18,24-27,35H,2-10,13-16,19-21H2,1H3,(H,34,42)/t25?,26-,27-/m0/s1. The zero-order valence-corrected chi connectivity index (χ0v) is 28.8. The summed E-state index contributed by atoms with van der Waals surface area (Å²) >= 11 is 7.20. The van der Waals surface area contributed by atoms with Crippen LogP contribution in [0.3, 0.4) is 0 Å². The Bertz CT molecular complexity index is 1550. The SMILES string of the molecule is CN(C(=O)NC1CCCCC1)C1CCN(C[C@@H]2CCCN2C(=O)CN2CCC[C@H](NS(=O)(=O)c3cc4cc(Cl)ccc4s3)C2=O)C1. The molecule has 3 saturated heterocycles. The summed E-state index contributed by atoms with van der Waals surface area (Å²) in [7, 11) is -2.04. The van der Waals surface area contributed by atoms with E-state index in [2.05, 4.69) is 14.9 Å². The van der Waals surface area contributed by atoms with E-state index in [0.717, 1.165) is 73.2 Å². The number of carbonyl (C=O) groups is 3. The number of amides is 4. The van der Waals surface area contributed by atoms with Crippen molar-refractivity contribution in [1.29, 1.82) is 0 Å². The molecule has 1 aromatic carbocycles. The van der Waals surface area contributed by atoms with Crippen LogP contribution in [0.5, 0.6) is 0 Å². The zero-order valence-electron chi connectivity index (χ0n) is 26.5. The molecule has 4 heterocycles. The highest BCUT2D eigenvalue weighted by atomic mass is 35.5. The molecule has 6 rings (SSSR count). The first-order valence-electron chi connectivity index (χ1n) is 16.6. The van der Waals surface area contributed by atoms with Crippen LogP contribution in [0.1, 0.15) is 64.2 Å². The van der Waals surface area contributed by atoms with Crippen LogP contribution in [-0.2, 0) is 19.6 Å². The van der Waals surface area contributed by atoms with Crippen LogP contribution in [0, 0.1) is 0 Å². The summed E-state index contributed by atoms with van der Waals surface area (Å²) in [5.41, 5.74) is 0. The van der Waals surface area contributed by atoms with Gasteiger partial charge in [0.2, 0.25) is 11.8 Å². The normalized spacial score (nSPS) is 25.0. The molecule has 1 aliphatic carbocycles. The number of thiophene rings is 1. The molecule has 4 amide bonds. The first kappa shape index (κ1) is 33.5. The minimum atomic E-state index is -3.93. The third kappa shape index (κ3) is 7.64. The lowest BCUT2D eigenvalue weighted by Gasteiger charge is -2.35. The van der Waals surface area contributed by atoms with Crippen molar-refractivity contribution in [3.8, 4) is 0 Å².